The Kier molecular flexibility index (Phi) is 5.65. The molecule has 1 unspecified atom stereocenters. The average Bonchev–Trinajstić information content (AvgIpc) is 2.42. The van der Waals surface area contributed by atoms with Crippen molar-refractivity contribution in [2.45, 2.75) is 72.4 Å². The fraction of sp³-hybridized carbons (Fsp3) is 0.650. The highest BCUT2D eigenvalue weighted by Crippen LogP contribution is 2.40. The van der Waals surface area contributed by atoms with Crippen LogP contribution in [0.25, 0.3) is 0 Å². The summed E-state index contributed by atoms with van der Waals surface area (Å²) in [7, 11) is 5.84. The van der Waals surface area contributed by atoms with Crippen LogP contribution in [0.1, 0.15) is 60.5 Å². The highest BCUT2D eigenvalue weighted by atomic mass is 16.6. The van der Waals surface area contributed by atoms with Gasteiger partial charge in [0.2, 0.25) is 5.91 Å². The van der Waals surface area contributed by atoms with E-state index in [2.05, 4.69) is 15.6 Å². The van der Waals surface area contributed by atoms with Gasteiger partial charge in [-0.2, -0.15) is 0 Å². The number of nitrogens with one attached hydrogen (secondary N) is 2. The molecule has 1 aliphatic heterocycles. The van der Waals surface area contributed by atoms with Crippen LogP contribution in [0.5, 0.6) is 0 Å². The molecule has 0 spiro atoms. The summed E-state index contributed by atoms with van der Waals surface area (Å²) in [5.41, 5.74) is 0.0415. The molecule has 0 saturated heterocycles. The Hall–Kier alpha value is -2.05. The van der Waals surface area contributed by atoms with Crippen molar-refractivity contribution in [2.75, 3.05) is 5.32 Å². The second-order valence-corrected chi connectivity index (χ2v) is 9.70. The van der Waals surface area contributed by atoms with Gasteiger partial charge in [-0.05, 0) is 58.4 Å². The van der Waals surface area contributed by atoms with Gasteiger partial charge in [-0.1, -0.05) is 25.4 Å². The molecule has 0 aromatic carbocycles. The van der Waals surface area contributed by atoms with E-state index in [1.54, 1.807) is 6.20 Å². The van der Waals surface area contributed by atoms with Crippen molar-refractivity contribution in [1.82, 2.24) is 10.3 Å². The molecule has 0 fully saturated rings. The first kappa shape index (κ1) is 21.3. The number of carbonyl (C=O) groups is 2. The highest BCUT2D eigenvalue weighted by molar-refractivity contribution is 6.32. The highest BCUT2D eigenvalue weighted by Gasteiger charge is 2.42. The van der Waals surface area contributed by atoms with E-state index in [9.17, 15) is 9.59 Å². The van der Waals surface area contributed by atoms with E-state index in [1.807, 2.05) is 54.5 Å². The van der Waals surface area contributed by atoms with E-state index in [4.69, 9.17) is 12.6 Å². The van der Waals surface area contributed by atoms with Crippen molar-refractivity contribution in [1.29, 1.82) is 0 Å². The Morgan fingerprint density at radius 2 is 1.93 bits per heavy atom. The van der Waals surface area contributed by atoms with Crippen LogP contribution in [0.4, 0.5) is 10.6 Å². The Morgan fingerprint density at radius 3 is 2.52 bits per heavy atom. The maximum Gasteiger partial charge on any atom is 0.408 e. The zero-order valence-corrected chi connectivity index (χ0v) is 17.4. The van der Waals surface area contributed by atoms with Gasteiger partial charge in [0.05, 0.1) is 0 Å². The van der Waals surface area contributed by atoms with E-state index < -0.39 is 17.2 Å². The van der Waals surface area contributed by atoms with E-state index in [1.165, 1.54) is 0 Å². The Morgan fingerprint density at radius 1 is 1.30 bits per heavy atom. The van der Waals surface area contributed by atoms with Crippen LogP contribution in [-0.2, 0) is 16.0 Å². The summed E-state index contributed by atoms with van der Waals surface area (Å²) in [6, 6.07) is 1.86. The maximum atomic E-state index is 12.7. The van der Waals surface area contributed by atoms with Gasteiger partial charge in [0.15, 0.2) is 0 Å². The summed E-state index contributed by atoms with van der Waals surface area (Å²) < 4.78 is 5.36. The third-order valence-electron chi connectivity index (χ3n) is 4.65. The summed E-state index contributed by atoms with van der Waals surface area (Å²) in [4.78, 5) is 29.1. The molecule has 0 saturated carbocycles. The quantitative estimate of drug-likeness (QED) is 0.798. The number of nitrogens with zero attached hydrogens (tertiary/aromatic N) is 1. The standard InChI is InChI=1S/C20H30BN3O3/c1-18(2,3)27-17(26)24-20(6,7)11-19(4,5)14-9-12-8-13(21)10-22-15(12)23-16(14)25/h8,10,14H,9,11H2,1-7H3,(H,24,26)(H,22,23,25). The summed E-state index contributed by atoms with van der Waals surface area (Å²) in [5.74, 6) is 0.263. The molecule has 1 aromatic rings. The second kappa shape index (κ2) is 7.17. The van der Waals surface area contributed by atoms with Crippen LogP contribution in [0.15, 0.2) is 12.3 Å². The molecule has 2 radical (unpaired) electrons. The minimum absolute atomic E-state index is 0.0576. The predicted octanol–water partition coefficient (Wildman–Crippen LogP) is 2.71. The Balaban J connectivity index is 2.12. The van der Waals surface area contributed by atoms with Crippen molar-refractivity contribution in [3.63, 3.8) is 0 Å². The van der Waals surface area contributed by atoms with Crippen molar-refractivity contribution < 1.29 is 14.3 Å². The number of hydrogen-bond acceptors (Lipinski definition) is 4. The molecule has 0 aliphatic carbocycles. The summed E-state index contributed by atoms with van der Waals surface area (Å²) in [5, 5.41) is 5.81. The van der Waals surface area contributed by atoms with Crippen LogP contribution < -0.4 is 16.1 Å². The molecular weight excluding hydrogens is 341 g/mol. The predicted molar refractivity (Wildman–Crippen MR) is 107 cm³/mol. The molecule has 2 rings (SSSR count). The molecule has 0 bridgehead atoms. The first-order chi connectivity index (χ1) is 12.2. The fourth-order valence-corrected chi connectivity index (χ4v) is 3.83. The van der Waals surface area contributed by atoms with Crippen LogP contribution in [0.3, 0.4) is 0 Å². The van der Waals surface area contributed by atoms with Gasteiger partial charge in [-0.15, -0.1) is 0 Å². The smallest absolute Gasteiger partial charge is 0.408 e. The fourth-order valence-electron chi connectivity index (χ4n) is 3.83. The van der Waals surface area contributed by atoms with Gasteiger partial charge < -0.3 is 15.4 Å². The van der Waals surface area contributed by atoms with Crippen LogP contribution in [-0.4, -0.2) is 36.0 Å². The summed E-state index contributed by atoms with van der Waals surface area (Å²) in [6.07, 6.45) is 2.24. The van der Waals surface area contributed by atoms with E-state index in [0.29, 0.717) is 24.1 Å². The minimum Gasteiger partial charge on any atom is -0.444 e. The molecule has 27 heavy (non-hydrogen) atoms. The lowest BCUT2D eigenvalue weighted by atomic mass is 9.68. The Labute approximate surface area is 163 Å². The van der Waals surface area contributed by atoms with Gasteiger partial charge in [-0.3, -0.25) is 4.79 Å². The number of carbonyl (C=O) groups excluding carboxylic acids is 2. The van der Waals surface area contributed by atoms with Gasteiger partial charge in [0, 0.05) is 17.7 Å². The average molecular weight is 371 g/mol. The third-order valence-corrected chi connectivity index (χ3v) is 4.65. The molecule has 2 N–H and O–H groups in total. The number of pyridine rings is 1. The third kappa shape index (κ3) is 5.71. The Bertz CT molecular complexity index is 738. The largest absolute Gasteiger partial charge is 0.444 e. The van der Waals surface area contributed by atoms with Gasteiger partial charge in [0.25, 0.3) is 0 Å². The van der Waals surface area contributed by atoms with Crippen molar-refractivity contribution in [3.05, 3.63) is 17.8 Å². The van der Waals surface area contributed by atoms with Crippen molar-refractivity contribution in [2.24, 2.45) is 11.3 Å². The molecule has 6 nitrogen and oxygen atoms in total. The lowest BCUT2D eigenvalue weighted by molar-refractivity contribution is -0.124. The zero-order valence-electron chi connectivity index (χ0n) is 17.4. The van der Waals surface area contributed by atoms with E-state index in [0.717, 1.165) is 5.56 Å². The van der Waals surface area contributed by atoms with Crippen molar-refractivity contribution >= 4 is 31.1 Å². The molecule has 7 heteroatoms. The molecule has 1 atom stereocenters. The molecule has 1 aliphatic rings. The van der Waals surface area contributed by atoms with Crippen LogP contribution in [0.2, 0.25) is 0 Å². The normalized spacial score (nSPS) is 17.7. The van der Waals surface area contributed by atoms with Gasteiger partial charge >= 0.3 is 6.09 Å². The maximum absolute atomic E-state index is 12.7. The number of ether oxygens (including phenoxy) is 1. The number of rotatable bonds is 4. The first-order valence-corrected chi connectivity index (χ1v) is 9.25. The van der Waals surface area contributed by atoms with E-state index >= 15 is 0 Å². The number of aromatic nitrogens is 1. The second-order valence-electron chi connectivity index (χ2n) is 9.70. The molecule has 2 heterocycles. The van der Waals surface area contributed by atoms with E-state index in [-0.39, 0.29) is 17.2 Å². The van der Waals surface area contributed by atoms with Gasteiger partial charge in [-0.25, -0.2) is 9.78 Å². The number of alkyl carbamates (subject to hydrolysis) is 1. The van der Waals surface area contributed by atoms with Gasteiger partial charge in [0.1, 0.15) is 19.3 Å². The molecule has 146 valence electrons. The number of anilines is 1. The summed E-state index contributed by atoms with van der Waals surface area (Å²) in [6.45, 7) is 13.4. The lowest BCUT2D eigenvalue weighted by Gasteiger charge is -2.41. The van der Waals surface area contributed by atoms with Crippen LogP contribution in [0, 0.1) is 11.3 Å². The number of fused-ring (bicyclic) bond motifs is 1. The summed E-state index contributed by atoms with van der Waals surface area (Å²) >= 11 is 0. The number of hydrogen-bond donors (Lipinski definition) is 2. The first-order valence-electron chi connectivity index (χ1n) is 9.25. The molecule has 1 aromatic heterocycles. The van der Waals surface area contributed by atoms with Crippen molar-refractivity contribution in [3.8, 4) is 0 Å². The number of amides is 2. The molecular formula is C20H30BN3O3. The zero-order chi connectivity index (χ0) is 20.6. The molecule has 2 amide bonds. The SMILES string of the molecule is [B]c1cnc2c(c1)CC(C(C)(C)CC(C)(C)NC(=O)OC(C)(C)C)C(=O)N2. The lowest BCUT2D eigenvalue weighted by Crippen LogP contribution is -2.51. The topological polar surface area (TPSA) is 80.3 Å². The van der Waals surface area contributed by atoms with Crippen LogP contribution >= 0.6 is 0 Å². The minimum atomic E-state index is -0.560. The monoisotopic (exact) mass is 371 g/mol.